The molecule has 6 heteroatoms. The van der Waals surface area contributed by atoms with Crippen LogP contribution in [0.15, 0.2) is 24.3 Å². The van der Waals surface area contributed by atoms with Crippen molar-refractivity contribution in [1.29, 1.82) is 0 Å². The first-order chi connectivity index (χ1) is 39.0. The van der Waals surface area contributed by atoms with Gasteiger partial charge in [0, 0.05) is 12.8 Å². The average Bonchev–Trinajstić information content (AvgIpc) is 3.45. The van der Waals surface area contributed by atoms with Crippen LogP contribution >= 0.6 is 0 Å². The molecule has 1 amide bonds. The third-order valence-electron chi connectivity index (χ3n) is 17.0. The molecule has 0 spiro atoms. The van der Waals surface area contributed by atoms with E-state index in [2.05, 4.69) is 43.5 Å². The van der Waals surface area contributed by atoms with Gasteiger partial charge < -0.3 is 20.3 Å². The molecule has 0 aliphatic heterocycles. The van der Waals surface area contributed by atoms with E-state index in [0.29, 0.717) is 25.9 Å². The summed E-state index contributed by atoms with van der Waals surface area (Å²) >= 11 is 0. The van der Waals surface area contributed by atoms with Crippen LogP contribution in [0.3, 0.4) is 0 Å². The zero-order valence-corrected chi connectivity index (χ0v) is 53.6. The van der Waals surface area contributed by atoms with Crippen LogP contribution in [0.2, 0.25) is 0 Å². The van der Waals surface area contributed by atoms with Crippen LogP contribution < -0.4 is 5.32 Å². The summed E-state index contributed by atoms with van der Waals surface area (Å²) in [6.45, 7) is 4.99. The molecule has 468 valence electrons. The fraction of sp³-hybridized carbons (Fsp3) is 0.918. The van der Waals surface area contributed by atoms with Crippen LogP contribution in [0.4, 0.5) is 0 Å². The van der Waals surface area contributed by atoms with E-state index < -0.39 is 12.1 Å². The molecule has 0 aromatic carbocycles. The van der Waals surface area contributed by atoms with Crippen LogP contribution in [0, 0.1) is 0 Å². The van der Waals surface area contributed by atoms with E-state index in [1.807, 2.05) is 0 Å². The summed E-state index contributed by atoms with van der Waals surface area (Å²) in [5.41, 5.74) is 0. The Bertz CT molecular complexity index is 1230. The Hall–Kier alpha value is -1.66. The summed E-state index contributed by atoms with van der Waals surface area (Å²) in [6, 6.07) is -0.547. The molecule has 0 bridgehead atoms. The molecule has 0 radical (unpaired) electrons. The van der Waals surface area contributed by atoms with Gasteiger partial charge in [0.2, 0.25) is 5.91 Å². The van der Waals surface area contributed by atoms with Crippen LogP contribution in [-0.4, -0.2) is 47.4 Å². The number of unbranched alkanes of at least 4 members (excludes halogenated alkanes) is 53. The minimum atomic E-state index is -0.670. The number of hydrogen-bond donors (Lipinski definition) is 3. The van der Waals surface area contributed by atoms with Gasteiger partial charge in [-0.15, -0.1) is 0 Å². The Morgan fingerprint density at radius 2 is 0.633 bits per heavy atom. The van der Waals surface area contributed by atoms with Crippen molar-refractivity contribution in [2.24, 2.45) is 0 Å². The van der Waals surface area contributed by atoms with Gasteiger partial charge in [0.05, 0.1) is 25.4 Å². The van der Waals surface area contributed by atoms with Crippen molar-refractivity contribution in [3.63, 3.8) is 0 Å². The molecule has 2 unspecified atom stereocenters. The van der Waals surface area contributed by atoms with Crippen molar-refractivity contribution in [1.82, 2.24) is 5.32 Å². The SMILES string of the molecule is CCCCCCCCCCCCCCCCCCCCCCCCCCC(O)C(CO)NC(=O)CCCCCCCCCCC/C=C\C/C=C\CCCCCCCCCCCOC(=O)CCCCCCCCCCCCCCC. The van der Waals surface area contributed by atoms with Crippen molar-refractivity contribution < 1.29 is 24.5 Å². The predicted molar refractivity (Wildman–Crippen MR) is 347 cm³/mol. The second-order valence-corrected chi connectivity index (χ2v) is 24.9. The number of aliphatic hydroxyl groups excluding tert-OH is 2. The Labute approximate surface area is 494 Å². The number of ether oxygens (including phenoxy) is 1. The zero-order chi connectivity index (χ0) is 57.1. The molecule has 0 aromatic rings. The average molecular weight is 1110 g/mol. The highest BCUT2D eigenvalue weighted by atomic mass is 16.5. The highest BCUT2D eigenvalue weighted by Crippen LogP contribution is 2.19. The summed E-state index contributed by atoms with van der Waals surface area (Å²) in [4.78, 5) is 24.6. The number of carbonyl (C=O) groups excluding carboxylic acids is 2. The van der Waals surface area contributed by atoms with Crippen molar-refractivity contribution in [3.8, 4) is 0 Å². The van der Waals surface area contributed by atoms with Gasteiger partial charge in [-0.1, -0.05) is 359 Å². The molecule has 0 fully saturated rings. The molecule has 6 nitrogen and oxygen atoms in total. The maximum atomic E-state index is 12.6. The fourth-order valence-electron chi connectivity index (χ4n) is 11.5. The molecule has 0 saturated heterocycles. The second-order valence-electron chi connectivity index (χ2n) is 24.9. The minimum absolute atomic E-state index is 0.0115. The largest absolute Gasteiger partial charge is 0.466 e. The first-order valence-electron chi connectivity index (χ1n) is 36.1. The Morgan fingerprint density at radius 1 is 0.354 bits per heavy atom. The van der Waals surface area contributed by atoms with Crippen LogP contribution in [0.25, 0.3) is 0 Å². The van der Waals surface area contributed by atoms with Crippen LogP contribution in [-0.2, 0) is 14.3 Å². The van der Waals surface area contributed by atoms with Gasteiger partial charge in [0.1, 0.15) is 0 Å². The molecule has 79 heavy (non-hydrogen) atoms. The number of esters is 1. The van der Waals surface area contributed by atoms with Crippen molar-refractivity contribution in [3.05, 3.63) is 24.3 Å². The summed E-state index contributed by atoms with van der Waals surface area (Å²) in [5, 5.41) is 23.4. The van der Waals surface area contributed by atoms with Crippen LogP contribution in [0.1, 0.15) is 406 Å². The Kier molecular flexibility index (Phi) is 67.4. The Morgan fingerprint density at radius 3 is 0.962 bits per heavy atom. The number of amides is 1. The smallest absolute Gasteiger partial charge is 0.305 e. The van der Waals surface area contributed by atoms with E-state index in [1.54, 1.807) is 0 Å². The van der Waals surface area contributed by atoms with Crippen molar-refractivity contribution >= 4 is 11.9 Å². The van der Waals surface area contributed by atoms with Crippen molar-refractivity contribution in [2.45, 2.75) is 418 Å². The van der Waals surface area contributed by atoms with Gasteiger partial charge in [-0.25, -0.2) is 0 Å². The van der Waals surface area contributed by atoms with Gasteiger partial charge in [-0.05, 0) is 57.8 Å². The molecule has 0 aliphatic rings. The number of carbonyl (C=O) groups is 2. The van der Waals surface area contributed by atoms with E-state index in [0.717, 1.165) is 44.9 Å². The number of allylic oxidation sites excluding steroid dienone is 4. The highest BCUT2D eigenvalue weighted by molar-refractivity contribution is 5.76. The molecular formula is C73H141NO5. The van der Waals surface area contributed by atoms with Gasteiger partial charge in [-0.3, -0.25) is 9.59 Å². The normalized spacial score (nSPS) is 12.6. The first kappa shape index (κ1) is 77.3. The fourth-order valence-corrected chi connectivity index (χ4v) is 11.5. The summed E-state index contributed by atoms with van der Waals surface area (Å²) in [7, 11) is 0. The summed E-state index contributed by atoms with van der Waals surface area (Å²) in [6.07, 6.45) is 86.6. The third kappa shape index (κ3) is 65.4. The van der Waals surface area contributed by atoms with Crippen LogP contribution in [0.5, 0.6) is 0 Å². The van der Waals surface area contributed by atoms with E-state index in [-0.39, 0.29) is 18.5 Å². The number of hydrogen-bond acceptors (Lipinski definition) is 5. The van der Waals surface area contributed by atoms with E-state index in [9.17, 15) is 19.8 Å². The molecule has 0 heterocycles. The topological polar surface area (TPSA) is 95.9 Å². The lowest BCUT2D eigenvalue weighted by Crippen LogP contribution is -2.45. The highest BCUT2D eigenvalue weighted by Gasteiger charge is 2.20. The predicted octanol–water partition coefficient (Wildman–Crippen LogP) is 23.3. The minimum Gasteiger partial charge on any atom is -0.466 e. The van der Waals surface area contributed by atoms with E-state index >= 15 is 0 Å². The monoisotopic (exact) mass is 1110 g/mol. The zero-order valence-electron chi connectivity index (χ0n) is 53.6. The first-order valence-corrected chi connectivity index (χ1v) is 36.1. The lowest BCUT2D eigenvalue weighted by molar-refractivity contribution is -0.143. The molecular weight excluding hydrogens is 971 g/mol. The maximum absolute atomic E-state index is 12.6. The number of nitrogens with one attached hydrogen (secondary N) is 1. The third-order valence-corrected chi connectivity index (χ3v) is 17.0. The van der Waals surface area contributed by atoms with Gasteiger partial charge >= 0.3 is 5.97 Å². The van der Waals surface area contributed by atoms with Gasteiger partial charge in [-0.2, -0.15) is 0 Å². The number of rotatable bonds is 68. The Balaban J connectivity index is 3.42. The lowest BCUT2D eigenvalue weighted by atomic mass is 10.0. The number of aliphatic hydroxyl groups is 2. The van der Waals surface area contributed by atoms with Crippen molar-refractivity contribution in [2.75, 3.05) is 13.2 Å². The molecule has 0 aliphatic carbocycles. The van der Waals surface area contributed by atoms with Gasteiger partial charge in [0.15, 0.2) is 0 Å². The second kappa shape index (κ2) is 68.8. The molecule has 0 rings (SSSR count). The molecule has 2 atom stereocenters. The van der Waals surface area contributed by atoms with Gasteiger partial charge in [0.25, 0.3) is 0 Å². The summed E-state index contributed by atoms with van der Waals surface area (Å²) < 4.78 is 5.48. The summed E-state index contributed by atoms with van der Waals surface area (Å²) in [5.74, 6) is -0.0248. The lowest BCUT2D eigenvalue weighted by Gasteiger charge is -2.22. The molecule has 0 aromatic heterocycles. The molecule has 0 saturated carbocycles. The van der Waals surface area contributed by atoms with E-state index in [1.165, 1.54) is 327 Å². The standard InChI is InChI=1S/C73H141NO5/c1-3-5-7-9-11-13-15-17-18-19-20-21-22-26-29-32-35-38-42-45-49-53-57-61-65-71(76)70(69-75)74-72(77)66-62-58-54-50-46-43-39-36-33-30-27-24-23-25-28-31-34-37-40-44-48-52-56-60-64-68-79-73(78)67-63-59-55-51-47-41-16-14-12-10-8-6-4-2/h24-25,27-28,70-71,75-76H,3-23,26,29-69H2,1-2H3,(H,74,77)/b27-24-,28-25-. The van der Waals surface area contributed by atoms with E-state index in [4.69, 9.17) is 4.74 Å². The molecule has 3 N–H and O–H groups in total. The maximum Gasteiger partial charge on any atom is 0.305 e. The quantitative estimate of drug-likeness (QED) is 0.0320.